The van der Waals surface area contributed by atoms with Crippen molar-refractivity contribution in [1.82, 2.24) is 0 Å². The Labute approximate surface area is 274 Å². The van der Waals surface area contributed by atoms with E-state index in [9.17, 15) is 0 Å². The summed E-state index contributed by atoms with van der Waals surface area (Å²) in [6, 6.07) is 18.9. The fourth-order valence-electron chi connectivity index (χ4n) is 10.4. The Morgan fingerprint density at radius 1 is 0.829 bits per heavy atom. The maximum atomic E-state index is 5.53. The molecular weight excluding hydrogens is 639 g/mol. The van der Waals surface area contributed by atoms with Gasteiger partial charge in [-0.15, -0.1) is 0 Å². The number of halogens is 2. The van der Waals surface area contributed by atoms with Gasteiger partial charge in [-0.3, -0.25) is 0 Å². The molecule has 41 heavy (non-hydrogen) atoms. The van der Waals surface area contributed by atoms with Crippen molar-refractivity contribution in [2.45, 2.75) is 80.0 Å². The molecule has 1 aromatic heterocycles. The molecule has 0 radical (unpaired) electrons. The van der Waals surface area contributed by atoms with Gasteiger partial charge < -0.3 is 29.2 Å². The third-order valence-corrected chi connectivity index (χ3v) is 17.5. The summed E-state index contributed by atoms with van der Waals surface area (Å²) >= 11 is 1.61. The third kappa shape index (κ3) is 4.38. The molecule has 211 valence electrons. The quantitative estimate of drug-likeness (QED) is 0.377. The Morgan fingerprint density at radius 3 is 2.05 bits per heavy atom. The second-order valence-corrected chi connectivity index (χ2v) is 20.3. The zero-order valence-corrected chi connectivity index (χ0v) is 29.5. The van der Waals surface area contributed by atoms with Crippen LogP contribution in [0, 0.1) is 17.8 Å². The van der Waals surface area contributed by atoms with E-state index in [0.717, 1.165) is 17.8 Å². The van der Waals surface area contributed by atoms with Gasteiger partial charge in [0.2, 0.25) is 0 Å². The molecule has 3 heterocycles. The summed E-state index contributed by atoms with van der Waals surface area (Å²) in [5, 5.41) is 1.66. The molecular formula is C36H39Cl2OSiZr. The second-order valence-electron chi connectivity index (χ2n) is 14.3. The third-order valence-electron chi connectivity index (χ3n) is 11.5. The standard InChI is InChI=1S/C26H27.C10H12OSi.2ClH.Zr/c1-17-9-22-3-2-4-24(25(22)10-17)21-5-7-23(8-6-21)26-14-18-11-19(15-26)13-20(12-18)16-26;1-6-9-7-4-5-11-8(7)10(6)12(9,2)3;;;/h2-10,18-20H,11-16H2,1H3;4-5,10H,1-3H3;2*1H;/q;;;;+2/p-2. The predicted molar refractivity (Wildman–Crippen MR) is 160 cm³/mol. The minimum atomic E-state index is -1.08. The van der Waals surface area contributed by atoms with Crippen molar-refractivity contribution in [3.63, 3.8) is 0 Å². The van der Waals surface area contributed by atoms with Crippen LogP contribution in [0.1, 0.15) is 89.6 Å². The number of rotatable bonds is 2. The largest absolute Gasteiger partial charge is 1.00 e. The van der Waals surface area contributed by atoms with Gasteiger partial charge in [-0.2, -0.15) is 0 Å². The number of hydrogen-bond donors (Lipinski definition) is 0. The van der Waals surface area contributed by atoms with E-state index in [2.05, 4.69) is 81.5 Å². The first-order chi connectivity index (χ1) is 18.7. The molecule has 4 saturated carbocycles. The first kappa shape index (κ1) is 29.9. The van der Waals surface area contributed by atoms with Crippen LogP contribution in [0.2, 0.25) is 13.1 Å². The molecule has 0 saturated heterocycles. The molecule has 0 spiro atoms. The molecule has 2 unspecified atom stereocenters. The summed E-state index contributed by atoms with van der Waals surface area (Å²) < 4.78 is 6.18. The predicted octanol–water partition coefficient (Wildman–Crippen LogP) is 3.78. The zero-order chi connectivity index (χ0) is 26.7. The zero-order valence-electron chi connectivity index (χ0n) is 24.6. The Balaban J connectivity index is 0.000000182. The average molecular weight is 678 g/mol. The molecule has 11 rings (SSSR count). The van der Waals surface area contributed by atoms with Gasteiger partial charge in [0.1, 0.15) is 5.76 Å². The number of benzene rings is 2. The maximum absolute atomic E-state index is 5.53. The summed E-state index contributed by atoms with van der Waals surface area (Å²) in [6.07, 6.45) is 13.2. The van der Waals surface area contributed by atoms with Crippen LogP contribution >= 0.6 is 0 Å². The van der Waals surface area contributed by atoms with Crippen molar-refractivity contribution in [1.29, 1.82) is 0 Å². The monoisotopic (exact) mass is 675 g/mol. The first-order valence-corrected chi connectivity index (χ1v) is 19.7. The van der Waals surface area contributed by atoms with Gasteiger partial charge in [0.15, 0.2) is 0 Å². The van der Waals surface area contributed by atoms with Gasteiger partial charge in [-0.1, -0.05) is 18.7 Å². The molecule has 0 amide bonds. The van der Waals surface area contributed by atoms with Crippen LogP contribution in [-0.4, -0.2) is 8.07 Å². The van der Waals surface area contributed by atoms with Gasteiger partial charge in [0, 0.05) is 11.1 Å². The Morgan fingerprint density at radius 2 is 1.46 bits per heavy atom. The van der Waals surface area contributed by atoms with Gasteiger partial charge >= 0.3 is 179 Å². The average Bonchev–Trinajstić information content (AvgIpc) is 3.60. The number of hydrogen-bond acceptors (Lipinski definition) is 1. The van der Waals surface area contributed by atoms with Crippen molar-refractivity contribution in [2.24, 2.45) is 17.8 Å². The molecule has 5 heteroatoms. The normalized spacial score (nSPS) is 32.1. The Hall–Kier alpha value is -1.12. The van der Waals surface area contributed by atoms with Crippen LogP contribution in [0.3, 0.4) is 0 Å². The molecule has 2 atom stereocenters. The minimum Gasteiger partial charge on any atom is -1.00 e. The van der Waals surface area contributed by atoms with E-state index in [1.165, 1.54) is 77.7 Å². The van der Waals surface area contributed by atoms with E-state index in [1.807, 2.05) is 6.26 Å². The van der Waals surface area contributed by atoms with Crippen molar-refractivity contribution in [3.05, 3.63) is 94.0 Å². The van der Waals surface area contributed by atoms with Gasteiger partial charge in [0.25, 0.3) is 0 Å². The van der Waals surface area contributed by atoms with E-state index < -0.39 is 8.07 Å². The summed E-state index contributed by atoms with van der Waals surface area (Å²) in [7, 11) is -1.08. The second kappa shape index (κ2) is 10.5. The van der Waals surface area contributed by atoms with Gasteiger partial charge in [-0.05, 0) is 18.2 Å². The van der Waals surface area contributed by atoms with E-state index in [1.54, 1.807) is 41.1 Å². The summed E-state index contributed by atoms with van der Waals surface area (Å²) in [4.78, 5) is 0. The molecule has 6 aliphatic carbocycles. The van der Waals surface area contributed by atoms with E-state index >= 15 is 0 Å². The van der Waals surface area contributed by atoms with Crippen LogP contribution in [0.15, 0.2) is 70.4 Å². The number of allylic oxidation sites excluding steroid dienone is 2. The van der Waals surface area contributed by atoms with Crippen LogP contribution in [0.25, 0.3) is 22.4 Å². The van der Waals surface area contributed by atoms with E-state index in [0.29, 0.717) is 14.6 Å². The van der Waals surface area contributed by atoms with Crippen LogP contribution in [0.4, 0.5) is 0 Å². The van der Waals surface area contributed by atoms with E-state index in [-0.39, 0.29) is 24.8 Å². The van der Waals surface area contributed by atoms with Crippen molar-refractivity contribution >= 4 is 19.3 Å². The molecule has 1 nitrogen and oxygen atoms in total. The molecule has 4 fully saturated rings. The Kier molecular flexibility index (Phi) is 7.67. The molecule has 2 aliphatic heterocycles. The topological polar surface area (TPSA) is 13.1 Å². The van der Waals surface area contributed by atoms with Gasteiger partial charge in [-0.25, -0.2) is 0 Å². The fraction of sp³-hybridized carbons (Fsp3) is 0.444. The molecule has 8 aliphatic rings. The molecule has 6 bridgehead atoms. The van der Waals surface area contributed by atoms with Crippen LogP contribution in [-0.2, 0) is 30.1 Å². The number of furan rings is 1. The van der Waals surface area contributed by atoms with Crippen LogP contribution < -0.4 is 24.8 Å². The number of fused-ring (bicyclic) bond motifs is 1. The maximum Gasteiger partial charge on any atom is -1.00 e. The summed E-state index contributed by atoms with van der Waals surface area (Å²) in [6.45, 7) is 9.43. The van der Waals surface area contributed by atoms with Crippen molar-refractivity contribution in [3.8, 4) is 11.1 Å². The van der Waals surface area contributed by atoms with Crippen LogP contribution in [0.5, 0.6) is 0 Å². The SMILES string of the molecule is CC1=C2c3ccoc3C1[Si]2(C)C.CC1=Cc2c(-c3ccc(C45CC6CC(CC(C6)C4)C5)cc3)cccc2[CH]1[Zr+2].[Cl-].[Cl-]. The molecule has 0 N–H and O–H groups in total. The summed E-state index contributed by atoms with van der Waals surface area (Å²) in [5.41, 5.74) is 13.2. The van der Waals surface area contributed by atoms with E-state index in [4.69, 9.17) is 4.42 Å². The smallest absolute Gasteiger partial charge is 1.00 e. The molecule has 3 aromatic rings. The van der Waals surface area contributed by atoms with Crippen molar-refractivity contribution in [2.75, 3.05) is 0 Å². The minimum absolute atomic E-state index is 0. The van der Waals surface area contributed by atoms with Crippen molar-refractivity contribution < 1.29 is 54.0 Å². The molecule has 2 aromatic carbocycles. The fourth-order valence-corrected chi connectivity index (χ4v) is 15.4. The van der Waals surface area contributed by atoms with Gasteiger partial charge in [0.05, 0.1) is 14.3 Å². The summed E-state index contributed by atoms with van der Waals surface area (Å²) in [5.74, 6) is 4.32. The first-order valence-electron chi connectivity index (χ1n) is 15.2. The Bertz CT molecular complexity index is 1530.